The molecule has 4 heteroatoms. The zero-order valence-electron chi connectivity index (χ0n) is 14.7. The summed E-state index contributed by atoms with van der Waals surface area (Å²) in [7, 11) is 2.07. The number of hydrogen-bond acceptors (Lipinski definition) is 1. The fraction of sp³-hybridized carbons (Fsp3) is 0.381. The van der Waals surface area contributed by atoms with Crippen molar-refractivity contribution >= 4 is 16.8 Å². The van der Waals surface area contributed by atoms with Crippen molar-refractivity contribution in [3.8, 4) is 0 Å². The number of amides is 1. The van der Waals surface area contributed by atoms with Gasteiger partial charge in [0, 0.05) is 42.6 Å². The Labute approximate surface area is 148 Å². The normalized spacial score (nSPS) is 18.4. The van der Waals surface area contributed by atoms with E-state index in [1.807, 2.05) is 18.3 Å². The molecule has 1 atom stereocenters. The van der Waals surface area contributed by atoms with Crippen LogP contribution in [0, 0.1) is 0 Å². The van der Waals surface area contributed by atoms with Crippen LogP contribution >= 0.6 is 0 Å². The third kappa shape index (κ3) is 3.09. The molecule has 1 aliphatic rings. The van der Waals surface area contributed by atoms with Crippen molar-refractivity contribution < 1.29 is 4.79 Å². The van der Waals surface area contributed by atoms with Crippen molar-refractivity contribution in [2.45, 2.75) is 38.1 Å². The molecule has 1 saturated heterocycles. The lowest BCUT2D eigenvalue weighted by Crippen LogP contribution is -2.36. The molecule has 0 saturated carbocycles. The topological polar surface area (TPSA) is 41.0 Å². The van der Waals surface area contributed by atoms with Crippen molar-refractivity contribution in [3.05, 3.63) is 60.0 Å². The first-order valence-electron chi connectivity index (χ1n) is 9.20. The molecule has 25 heavy (non-hydrogen) atoms. The van der Waals surface area contributed by atoms with Gasteiger partial charge in [-0.05, 0) is 36.6 Å². The summed E-state index contributed by atoms with van der Waals surface area (Å²) in [6, 6.07) is 12.6. The fourth-order valence-electron chi connectivity index (χ4n) is 4.08. The van der Waals surface area contributed by atoms with E-state index >= 15 is 0 Å². The van der Waals surface area contributed by atoms with Crippen LogP contribution in [0.1, 0.15) is 43.0 Å². The van der Waals surface area contributed by atoms with Crippen molar-refractivity contribution in [3.63, 3.8) is 0 Å². The first-order valence-corrected chi connectivity index (χ1v) is 9.20. The van der Waals surface area contributed by atoms with Gasteiger partial charge < -0.3 is 14.5 Å². The van der Waals surface area contributed by atoms with Crippen molar-refractivity contribution in [1.29, 1.82) is 0 Å². The minimum absolute atomic E-state index is 0.195. The smallest absolute Gasteiger partial charge is 0.227 e. The van der Waals surface area contributed by atoms with Gasteiger partial charge in [0.15, 0.2) is 0 Å². The largest absolute Gasteiger partial charge is 0.361 e. The lowest BCUT2D eigenvalue weighted by atomic mass is 10.0. The Bertz CT molecular complexity index is 876. The van der Waals surface area contributed by atoms with Crippen LogP contribution in [0.3, 0.4) is 0 Å². The molecule has 2 aromatic heterocycles. The molecule has 0 bridgehead atoms. The number of rotatable bonds is 3. The Hall–Kier alpha value is -2.49. The van der Waals surface area contributed by atoms with Gasteiger partial charge in [0.05, 0.1) is 12.5 Å². The maximum atomic E-state index is 13.2. The van der Waals surface area contributed by atoms with Gasteiger partial charge >= 0.3 is 0 Å². The van der Waals surface area contributed by atoms with E-state index in [1.54, 1.807) is 0 Å². The first-order chi connectivity index (χ1) is 12.2. The molecular weight excluding hydrogens is 310 g/mol. The highest BCUT2D eigenvalue weighted by Gasteiger charge is 2.28. The molecule has 1 fully saturated rings. The van der Waals surface area contributed by atoms with E-state index in [2.05, 4.69) is 52.0 Å². The van der Waals surface area contributed by atoms with E-state index < -0.39 is 0 Å². The van der Waals surface area contributed by atoms with Gasteiger partial charge in [-0.15, -0.1) is 0 Å². The van der Waals surface area contributed by atoms with E-state index in [0.717, 1.165) is 35.9 Å². The van der Waals surface area contributed by atoms with Crippen LogP contribution in [-0.2, 0) is 18.3 Å². The molecule has 3 aromatic rings. The molecular formula is C21H25N3O. The zero-order chi connectivity index (χ0) is 17.2. The van der Waals surface area contributed by atoms with Crippen LogP contribution in [0.2, 0.25) is 0 Å². The summed E-state index contributed by atoms with van der Waals surface area (Å²) < 4.78 is 2.15. The molecule has 1 aliphatic heterocycles. The number of H-pyrrole nitrogens is 1. The highest BCUT2D eigenvalue weighted by molar-refractivity contribution is 5.89. The van der Waals surface area contributed by atoms with Crippen LogP contribution in [-0.4, -0.2) is 26.9 Å². The fourth-order valence-corrected chi connectivity index (χ4v) is 4.08. The average Bonchev–Trinajstić information content (AvgIpc) is 3.14. The summed E-state index contributed by atoms with van der Waals surface area (Å²) in [5, 5.41) is 1.15. The van der Waals surface area contributed by atoms with Crippen LogP contribution in [0.15, 0.2) is 48.8 Å². The number of likely N-dealkylation sites (tertiary alicyclic amines) is 1. The lowest BCUT2D eigenvalue weighted by molar-refractivity contribution is -0.133. The number of benzene rings is 1. The number of hydrogen-bond donors (Lipinski definition) is 1. The van der Waals surface area contributed by atoms with Gasteiger partial charge in [0.25, 0.3) is 0 Å². The molecule has 4 rings (SSSR count). The summed E-state index contributed by atoms with van der Waals surface area (Å²) >= 11 is 0. The number of aromatic amines is 1. The van der Waals surface area contributed by atoms with Crippen molar-refractivity contribution in [2.75, 3.05) is 6.54 Å². The van der Waals surface area contributed by atoms with Crippen LogP contribution in [0.25, 0.3) is 10.9 Å². The summed E-state index contributed by atoms with van der Waals surface area (Å²) in [5.74, 6) is 0.234. The van der Waals surface area contributed by atoms with E-state index in [-0.39, 0.29) is 11.9 Å². The van der Waals surface area contributed by atoms with E-state index in [1.165, 1.54) is 18.5 Å². The quantitative estimate of drug-likeness (QED) is 0.766. The van der Waals surface area contributed by atoms with Gasteiger partial charge in [-0.1, -0.05) is 31.0 Å². The number of nitrogens with zero attached hydrogens (tertiary/aromatic N) is 2. The van der Waals surface area contributed by atoms with E-state index in [0.29, 0.717) is 6.42 Å². The molecule has 4 nitrogen and oxygen atoms in total. The Kier molecular flexibility index (Phi) is 4.35. The van der Waals surface area contributed by atoms with Gasteiger partial charge in [-0.2, -0.15) is 0 Å². The van der Waals surface area contributed by atoms with Gasteiger partial charge in [0.1, 0.15) is 0 Å². The molecule has 3 heterocycles. The summed E-state index contributed by atoms with van der Waals surface area (Å²) in [6.45, 7) is 0.858. The lowest BCUT2D eigenvalue weighted by Gasteiger charge is -2.30. The zero-order valence-corrected chi connectivity index (χ0v) is 14.7. The molecule has 1 N–H and O–H groups in total. The minimum atomic E-state index is 0.195. The molecule has 0 unspecified atom stereocenters. The Morgan fingerprint density at radius 3 is 2.88 bits per heavy atom. The van der Waals surface area contributed by atoms with E-state index in [9.17, 15) is 4.79 Å². The number of carbonyl (C=O) groups is 1. The number of aromatic nitrogens is 2. The Morgan fingerprint density at radius 1 is 1.16 bits per heavy atom. The van der Waals surface area contributed by atoms with Crippen molar-refractivity contribution in [1.82, 2.24) is 14.5 Å². The van der Waals surface area contributed by atoms with Crippen LogP contribution in [0.5, 0.6) is 0 Å². The number of para-hydroxylation sites is 1. The number of aryl methyl sites for hydroxylation is 1. The Balaban J connectivity index is 1.61. The number of fused-ring (bicyclic) bond motifs is 1. The van der Waals surface area contributed by atoms with Crippen LogP contribution in [0.4, 0.5) is 0 Å². The predicted octanol–water partition coefficient (Wildman–Crippen LogP) is 4.19. The molecule has 1 amide bonds. The average molecular weight is 335 g/mol. The maximum absolute atomic E-state index is 13.2. The van der Waals surface area contributed by atoms with Crippen LogP contribution < -0.4 is 0 Å². The number of nitrogens with one attached hydrogen (secondary N) is 1. The molecule has 130 valence electrons. The SMILES string of the molecule is Cn1cccc1[C@H]1CCCCCN1C(=O)Cc1c[nH]c2ccccc12. The first kappa shape index (κ1) is 16.0. The summed E-state index contributed by atoms with van der Waals surface area (Å²) in [5.41, 5.74) is 3.44. The second-order valence-electron chi connectivity index (χ2n) is 7.03. The van der Waals surface area contributed by atoms with Gasteiger partial charge in [0.2, 0.25) is 5.91 Å². The number of carbonyl (C=O) groups excluding carboxylic acids is 1. The standard InChI is InChI=1S/C21H25N3O/c1-23-12-7-11-19(23)20-10-3-2-6-13-24(20)21(25)14-16-15-22-18-9-5-4-8-17(16)18/h4-5,7-9,11-12,15,20,22H,2-3,6,10,13-14H2,1H3/t20-/m1/s1. The second kappa shape index (κ2) is 6.79. The minimum Gasteiger partial charge on any atom is -0.361 e. The molecule has 1 aromatic carbocycles. The van der Waals surface area contributed by atoms with Gasteiger partial charge in [-0.3, -0.25) is 4.79 Å². The van der Waals surface area contributed by atoms with Crippen molar-refractivity contribution in [2.24, 2.45) is 7.05 Å². The second-order valence-corrected chi connectivity index (χ2v) is 7.03. The maximum Gasteiger partial charge on any atom is 0.227 e. The third-order valence-electron chi connectivity index (χ3n) is 5.42. The third-order valence-corrected chi connectivity index (χ3v) is 5.42. The van der Waals surface area contributed by atoms with Gasteiger partial charge in [-0.25, -0.2) is 0 Å². The summed E-state index contributed by atoms with van der Waals surface area (Å²) in [4.78, 5) is 18.6. The molecule has 0 radical (unpaired) electrons. The summed E-state index contributed by atoms with van der Waals surface area (Å²) in [6.07, 6.45) is 9.06. The van der Waals surface area contributed by atoms with E-state index in [4.69, 9.17) is 0 Å². The highest BCUT2D eigenvalue weighted by Crippen LogP contribution is 2.31. The molecule has 0 spiro atoms. The predicted molar refractivity (Wildman–Crippen MR) is 100 cm³/mol. The highest BCUT2D eigenvalue weighted by atomic mass is 16.2. The Morgan fingerprint density at radius 2 is 2.04 bits per heavy atom. The molecule has 0 aliphatic carbocycles. The monoisotopic (exact) mass is 335 g/mol.